The first kappa shape index (κ1) is 12.6. The van der Waals surface area contributed by atoms with E-state index in [1.54, 1.807) is 6.07 Å². The van der Waals surface area contributed by atoms with Crippen LogP contribution in [0.15, 0.2) is 18.2 Å². The molecule has 0 bridgehead atoms. The second-order valence-electron chi connectivity index (χ2n) is 3.88. The maximum atomic E-state index is 11.7. The van der Waals surface area contributed by atoms with Crippen molar-refractivity contribution in [2.45, 2.75) is 33.1 Å². The maximum Gasteiger partial charge on any atom is 0.340 e. The van der Waals surface area contributed by atoms with Gasteiger partial charge in [0.05, 0.1) is 12.2 Å². The van der Waals surface area contributed by atoms with Crippen LogP contribution < -0.4 is 5.73 Å². The number of esters is 1. The van der Waals surface area contributed by atoms with Gasteiger partial charge in [0.15, 0.2) is 0 Å². The smallest absolute Gasteiger partial charge is 0.340 e. The molecule has 0 unspecified atom stereocenters. The number of benzene rings is 1. The molecule has 1 rings (SSSR count). The van der Waals surface area contributed by atoms with Crippen molar-refractivity contribution in [3.63, 3.8) is 0 Å². The molecule has 0 amide bonds. The quantitative estimate of drug-likeness (QED) is 0.472. The summed E-state index contributed by atoms with van der Waals surface area (Å²) >= 11 is 0. The number of ether oxygens (including phenoxy) is 1. The Morgan fingerprint density at radius 3 is 2.75 bits per heavy atom. The van der Waals surface area contributed by atoms with Gasteiger partial charge in [0.2, 0.25) is 0 Å². The molecule has 0 saturated carbocycles. The Kier molecular flexibility index (Phi) is 4.83. The molecular weight excluding hydrogens is 202 g/mol. The van der Waals surface area contributed by atoms with E-state index in [-0.39, 0.29) is 5.97 Å². The van der Waals surface area contributed by atoms with E-state index < -0.39 is 0 Å². The highest BCUT2D eigenvalue weighted by Crippen LogP contribution is 2.17. The molecule has 88 valence electrons. The van der Waals surface area contributed by atoms with Crippen molar-refractivity contribution in [2.24, 2.45) is 0 Å². The van der Waals surface area contributed by atoms with Crippen molar-refractivity contribution in [3.8, 4) is 0 Å². The van der Waals surface area contributed by atoms with E-state index in [2.05, 4.69) is 6.92 Å². The minimum Gasteiger partial charge on any atom is -0.462 e. The summed E-state index contributed by atoms with van der Waals surface area (Å²) in [6.45, 7) is 4.45. The third-order valence-corrected chi connectivity index (χ3v) is 2.49. The molecule has 0 radical (unpaired) electrons. The van der Waals surface area contributed by atoms with Gasteiger partial charge < -0.3 is 10.5 Å². The number of unbranched alkanes of at least 4 members (excludes halogenated alkanes) is 2. The van der Waals surface area contributed by atoms with Gasteiger partial charge >= 0.3 is 5.97 Å². The van der Waals surface area contributed by atoms with Crippen LogP contribution in [-0.4, -0.2) is 12.6 Å². The molecule has 0 spiro atoms. The van der Waals surface area contributed by atoms with Crippen LogP contribution in [0.3, 0.4) is 0 Å². The summed E-state index contributed by atoms with van der Waals surface area (Å²) in [7, 11) is 0. The van der Waals surface area contributed by atoms with Gasteiger partial charge in [0.1, 0.15) is 0 Å². The number of carbonyl (C=O) groups excluding carboxylic acids is 1. The number of nitrogens with two attached hydrogens (primary N) is 1. The van der Waals surface area contributed by atoms with Gasteiger partial charge in [-0.05, 0) is 25.0 Å². The molecule has 1 aromatic carbocycles. The van der Waals surface area contributed by atoms with E-state index in [0.717, 1.165) is 24.8 Å². The van der Waals surface area contributed by atoms with Crippen LogP contribution in [0.1, 0.15) is 42.1 Å². The van der Waals surface area contributed by atoms with E-state index in [4.69, 9.17) is 10.5 Å². The maximum absolute atomic E-state index is 11.7. The van der Waals surface area contributed by atoms with Crippen LogP contribution >= 0.6 is 0 Å². The Hall–Kier alpha value is -1.51. The third-order valence-electron chi connectivity index (χ3n) is 2.49. The first-order chi connectivity index (χ1) is 7.66. The van der Waals surface area contributed by atoms with Crippen LogP contribution in [0.25, 0.3) is 0 Å². The summed E-state index contributed by atoms with van der Waals surface area (Å²) in [5.74, 6) is -0.313. The molecule has 2 N–H and O–H groups in total. The van der Waals surface area contributed by atoms with Crippen LogP contribution in [0.4, 0.5) is 5.69 Å². The molecule has 0 aliphatic rings. The molecule has 0 fully saturated rings. The van der Waals surface area contributed by atoms with E-state index in [0.29, 0.717) is 17.9 Å². The van der Waals surface area contributed by atoms with Gasteiger partial charge in [-0.2, -0.15) is 0 Å². The summed E-state index contributed by atoms with van der Waals surface area (Å²) in [6, 6.07) is 5.41. The minimum absolute atomic E-state index is 0.313. The average molecular weight is 221 g/mol. The van der Waals surface area contributed by atoms with Crippen molar-refractivity contribution in [1.82, 2.24) is 0 Å². The predicted molar refractivity (Wildman–Crippen MR) is 65.4 cm³/mol. The van der Waals surface area contributed by atoms with Crippen LogP contribution in [0, 0.1) is 6.92 Å². The molecule has 0 aromatic heterocycles. The predicted octanol–water partition coefficient (Wildman–Crippen LogP) is 2.92. The van der Waals surface area contributed by atoms with Gasteiger partial charge in [-0.1, -0.05) is 31.9 Å². The number of rotatable bonds is 5. The van der Waals surface area contributed by atoms with Crippen molar-refractivity contribution in [2.75, 3.05) is 12.3 Å². The molecule has 0 aliphatic heterocycles. The number of hydrogen-bond donors (Lipinski definition) is 1. The Morgan fingerprint density at radius 2 is 2.12 bits per heavy atom. The highest BCUT2D eigenvalue weighted by atomic mass is 16.5. The zero-order valence-corrected chi connectivity index (χ0v) is 9.95. The van der Waals surface area contributed by atoms with Gasteiger partial charge in [-0.15, -0.1) is 0 Å². The van der Waals surface area contributed by atoms with Gasteiger partial charge in [0.25, 0.3) is 0 Å². The Labute approximate surface area is 96.6 Å². The number of nitrogen functional groups attached to an aromatic ring is 1. The molecule has 0 atom stereocenters. The fourth-order valence-corrected chi connectivity index (χ4v) is 1.56. The summed E-state index contributed by atoms with van der Waals surface area (Å²) in [5, 5.41) is 0. The van der Waals surface area contributed by atoms with Gasteiger partial charge in [-0.25, -0.2) is 4.79 Å². The molecule has 1 aromatic rings. The SMILES string of the molecule is CCCCCOC(=O)c1c(C)cccc1N. The summed E-state index contributed by atoms with van der Waals surface area (Å²) < 4.78 is 5.17. The lowest BCUT2D eigenvalue weighted by Gasteiger charge is -2.09. The van der Waals surface area contributed by atoms with E-state index in [1.165, 1.54) is 0 Å². The standard InChI is InChI=1S/C13H19NO2/c1-3-4-5-9-16-13(15)12-10(2)7-6-8-11(12)14/h6-8H,3-5,9,14H2,1-2H3. The Bertz CT molecular complexity index is 341. The summed E-state index contributed by atoms with van der Waals surface area (Å²) in [6.07, 6.45) is 3.11. The zero-order chi connectivity index (χ0) is 12.0. The third kappa shape index (κ3) is 3.26. The topological polar surface area (TPSA) is 52.3 Å². The van der Waals surface area contributed by atoms with Crippen LogP contribution in [0.5, 0.6) is 0 Å². The van der Waals surface area contributed by atoms with Crippen molar-refractivity contribution >= 4 is 11.7 Å². The fraction of sp³-hybridized carbons (Fsp3) is 0.462. The lowest BCUT2D eigenvalue weighted by molar-refractivity contribution is 0.0498. The van der Waals surface area contributed by atoms with Crippen LogP contribution in [0.2, 0.25) is 0 Å². The van der Waals surface area contributed by atoms with Gasteiger partial charge in [0, 0.05) is 5.69 Å². The van der Waals surface area contributed by atoms with Gasteiger partial charge in [-0.3, -0.25) is 0 Å². The normalized spacial score (nSPS) is 10.1. The van der Waals surface area contributed by atoms with Crippen molar-refractivity contribution < 1.29 is 9.53 Å². The van der Waals surface area contributed by atoms with Crippen molar-refractivity contribution in [1.29, 1.82) is 0 Å². The average Bonchev–Trinajstić information content (AvgIpc) is 2.24. The van der Waals surface area contributed by atoms with Crippen molar-refractivity contribution in [3.05, 3.63) is 29.3 Å². The first-order valence-corrected chi connectivity index (χ1v) is 5.69. The molecule has 16 heavy (non-hydrogen) atoms. The summed E-state index contributed by atoms with van der Waals surface area (Å²) in [4.78, 5) is 11.7. The number of anilines is 1. The largest absolute Gasteiger partial charge is 0.462 e. The molecule has 3 heteroatoms. The highest BCUT2D eigenvalue weighted by molar-refractivity contribution is 5.96. The van der Waals surface area contributed by atoms with Crippen LogP contribution in [-0.2, 0) is 4.74 Å². The first-order valence-electron chi connectivity index (χ1n) is 5.69. The molecule has 0 heterocycles. The fourth-order valence-electron chi connectivity index (χ4n) is 1.56. The monoisotopic (exact) mass is 221 g/mol. The van der Waals surface area contributed by atoms with E-state index >= 15 is 0 Å². The zero-order valence-electron chi connectivity index (χ0n) is 9.95. The number of carbonyl (C=O) groups is 1. The van der Waals surface area contributed by atoms with E-state index in [9.17, 15) is 4.79 Å². The Balaban J connectivity index is 2.59. The van der Waals surface area contributed by atoms with E-state index in [1.807, 2.05) is 19.1 Å². The number of aryl methyl sites for hydroxylation is 1. The minimum atomic E-state index is -0.313. The number of hydrogen-bond acceptors (Lipinski definition) is 3. The molecule has 3 nitrogen and oxygen atoms in total. The molecule has 0 saturated heterocycles. The lowest BCUT2D eigenvalue weighted by Crippen LogP contribution is -2.11. The Morgan fingerprint density at radius 1 is 1.38 bits per heavy atom. The lowest BCUT2D eigenvalue weighted by atomic mass is 10.1. The highest BCUT2D eigenvalue weighted by Gasteiger charge is 2.13. The summed E-state index contributed by atoms with van der Waals surface area (Å²) in [5.41, 5.74) is 7.60. The second kappa shape index (κ2) is 6.16. The molecular formula is C13H19NO2. The molecule has 0 aliphatic carbocycles. The second-order valence-corrected chi connectivity index (χ2v) is 3.88.